The van der Waals surface area contributed by atoms with Crippen LogP contribution >= 0.6 is 27.5 Å². The minimum atomic E-state index is -0.603. The number of aryl methyl sites for hydroxylation is 1. The second-order valence-electron chi connectivity index (χ2n) is 6.63. The van der Waals surface area contributed by atoms with E-state index in [-0.39, 0.29) is 25.0 Å². The number of nitrogens with zero attached hydrogens (tertiary/aromatic N) is 1. The summed E-state index contributed by atoms with van der Waals surface area (Å²) in [6.45, 7) is 6.25. The summed E-state index contributed by atoms with van der Waals surface area (Å²) in [5.41, 5.74) is 1.79. The van der Waals surface area contributed by atoms with Crippen LogP contribution in [0.15, 0.2) is 46.9 Å². The van der Waals surface area contributed by atoms with E-state index < -0.39 is 6.04 Å². The van der Waals surface area contributed by atoms with E-state index in [1.807, 2.05) is 51.1 Å². The van der Waals surface area contributed by atoms with Gasteiger partial charge in [-0.2, -0.15) is 0 Å². The number of halogens is 2. The number of rotatable bonds is 9. The average Bonchev–Trinajstić information content (AvgIpc) is 2.70. The Hall–Kier alpha value is -2.05. The van der Waals surface area contributed by atoms with Crippen LogP contribution < -0.4 is 10.1 Å². The first-order chi connectivity index (χ1) is 13.9. The predicted octanol–water partition coefficient (Wildman–Crippen LogP) is 4.73. The van der Waals surface area contributed by atoms with Crippen molar-refractivity contribution in [1.82, 2.24) is 10.2 Å². The lowest BCUT2D eigenvalue weighted by molar-refractivity contribution is -0.142. The second kappa shape index (κ2) is 11.2. The van der Waals surface area contributed by atoms with Crippen molar-refractivity contribution in [1.29, 1.82) is 0 Å². The Kier molecular flexibility index (Phi) is 8.99. The van der Waals surface area contributed by atoms with Crippen molar-refractivity contribution in [3.8, 4) is 5.75 Å². The number of amides is 2. The molecule has 29 heavy (non-hydrogen) atoms. The van der Waals surface area contributed by atoms with Gasteiger partial charge < -0.3 is 15.0 Å². The summed E-state index contributed by atoms with van der Waals surface area (Å²) in [6, 6.07) is 12.2. The molecule has 0 aliphatic carbocycles. The van der Waals surface area contributed by atoms with Crippen molar-refractivity contribution in [2.45, 2.75) is 39.8 Å². The molecule has 7 heteroatoms. The molecule has 0 aliphatic heterocycles. The Morgan fingerprint density at radius 2 is 1.93 bits per heavy atom. The number of carbonyl (C=O) groups excluding carboxylic acids is 2. The van der Waals surface area contributed by atoms with Gasteiger partial charge in [0, 0.05) is 22.6 Å². The fraction of sp³-hybridized carbons (Fsp3) is 0.364. The maximum absolute atomic E-state index is 13.1. The second-order valence-corrected chi connectivity index (χ2v) is 7.89. The van der Waals surface area contributed by atoms with E-state index in [0.717, 1.165) is 15.6 Å². The van der Waals surface area contributed by atoms with Crippen molar-refractivity contribution >= 4 is 39.3 Å². The molecule has 0 aromatic heterocycles. The summed E-state index contributed by atoms with van der Waals surface area (Å²) in [5, 5.41) is 3.36. The first kappa shape index (κ1) is 23.2. The topological polar surface area (TPSA) is 58.6 Å². The van der Waals surface area contributed by atoms with Crippen LogP contribution in [0.5, 0.6) is 5.75 Å². The molecule has 0 aliphatic rings. The van der Waals surface area contributed by atoms with E-state index in [1.165, 1.54) is 4.90 Å². The van der Waals surface area contributed by atoms with E-state index in [9.17, 15) is 9.59 Å². The van der Waals surface area contributed by atoms with Gasteiger partial charge in [0.15, 0.2) is 6.61 Å². The number of ether oxygens (including phenoxy) is 1. The van der Waals surface area contributed by atoms with Crippen LogP contribution in [0.25, 0.3) is 0 Å². The van der Waals surface area contributed by atoms with Crippen LogP contribution in [0, 0.1) is 6.92 Å². The third-order valence-corrected chi connectivity index (χ3v) is 5.79. The van der Waals surface area contributed by atoms with Gasteiger partial charge in [0.1, 0.15) is 11.8 Å². The summed E-state index contributed by atoms with van der Waals surface area (Å²) in [4.78, 5) is 27.2. The number of likely N-dealkylation sites (N-methyl/N-ethyl adjacent to an activating group) is 1. The summed E-state index contributed by atoms with van der Waals surface area (Å²) < 4.78 is 6.68. The number of benzene rings is 2. The van der Waals surface area contributed by atoms with Crippen LogP contribution in [0.4, 0.5) is 0 Å². The van der Waals surface area contributed by atoms with E-state index in [2.05, 4.69) is 21.2 Å². The highest BCUT2D eigenvalue weighted by Gasteiger charge is 2.29. The number of nitrogens with one attached hydrogen (secondary N) is 1. The lowest BCUT2D eigenvalue weighted by Gasteiger charge is -2.30. The summed E-state index contributed by atoms with van der Waals surface area (Å²) in [5.74, 6) is 0.140. The van der Waals surface area contributed by atoms with E-state index >= 15 is 0 Å². The monoisotopic (exact) mass is 480 g/mol. The molecule has 2 amide bonds. The molecule has 0 bridgehead atoms. The predicted molar refractivity (Wildman–Crippen MR) is 119 cm³/mol. The Bertz CT molecular complexity index is 860. The molecule has 156 valence electrons. The summed E-state index contributed by atoms with van der Waals surface area (Å²) >= 11 is 9.74. The van der Waals surface area contributed by atoms with Crippen LogP contribution in [0.2, 0.25) is 5.02 Å². The largest absolute Gasteiger partial charge is 0.484 e. The third-order valence-electron chi connectivity index (χ3n) is 4.53. The molecular weight excluding hydrogens is 456 g/mol. The van der Waals surface area contributed by atoms with Gasteiger partial charge in [-0.1, -0.05) is 52.7 Å². The molecular formula is C22H26BrClN2O3. The zero-order chi connectivity index (χ0) is 21.4. The Balaban J connectivity index is 2.22. The third kappa shape index (κ3) is 6.47. The van der Waals surface area contributed by atoms with Gasteiger partial charge in [-0.25, -0.2) is 0 Å². The van der Waals surface area contributed by atoms with Gasteiger partial charge in [0.2, 0.25) is 5.91 Å². The van der Waals surface area contributed by atoms with Crippen molar-refractivity contribution in [2.75, 3.05) is 13.2 Å². The fourth-order valence-electron chi connectivity index (χ4n) is 2.96. The molecule has 2 aromatic carbocycles. The quantitative estimate of drug-likeness (QED) is 0.563. The Morgan fingerprint density at radius 1 is 1.21 bits per heavy atom. The van der Waals surface area contributed by atoms with Crippen molar-refractivity contribution < 1.29 is 14.3 Å². The van der Waals surface area contributed by atoms with E-state index in [4.69, 9.17) is 16.3 Å². The standard InChI is InChI=1S/C22H26BrClN2O3/c1-4-20(22(28)25-5-2)26(13-16-8-6-7-9-19(16)24)21(27)14-29-17-10-11-18(23)15(3)12-17/h6-12,20H,4-5,13-14H2,1-3H3,(H,25,28)/t20-/m1/s1. The van der Waals surface area contributed by atoms with Gasteiger partial charge >= 0.3 is 0 Å². The zero-order valence-corrected chi connectivity index (χ0v) is 19.2. The van der Waals surface area contributed by atoms with E-state index in [1.54, 1.807) is 12.1 Å². The molecule has 5 nitrogen and oxygen atoms in total. The molecule has 1 atom stereocenters. The van der Waals surface area contributed by atoms with Crippen molar-refractivity contribution in [2.24, 2.45) is 0 Å². The summed E-state index contributed by atoms with van der Waals surface area (Å²) in [7, 11) is 0. The number of hydrogen-bond donors (Lipinski definition) is 1. The maximum atomic E-state index is 13.1. The molecule has 1 N–H and O–H groups in total. The molecule has 0 spiro atoms. The van der Waals surface area contributed by atoms with Crippen LogP contribution in [0.1, 0.15) is 31.4 Å². The lowest BCUT2D eigenvalue weighted by Crippen LogP contribution is -2.50. The molecule has 0 saturated carbocycles. The first-order valence-corrected chi connectivity index (χ1v) is 10.7. The molecule has 0 saturated heterocycles. The highest BCUT2D eigenvalue weighted by molar-refractivity contribution is 9.10. The molecule has 2 aromatic rings. The van der Waals surface area contributed by atoms with Gasteiger partial charge in [-0.15, -0.1) is 0 Å². The minimum absolute atomic E-state index is 0.165. The number of carbonyl (C=O) groups is 2. The normalized spacial score (nSPS) is 11.6. The van der Waals surface area contributed by atoms with Crippen LogP contribution in [0.3, 0.4) is 0 Å². The fourth-order valence-corrected chi connectivity index (χ4v) is 3.40. The van der Waals surface area contributed by atoms with Crippen molar-refractivity contribution in [3.63, 3.8) is 0 Å². The number of hydrogen-bond acceptors (Lipinski definition) is 3. The maximum Gasteiger partial charge on any atom is 0.261 e. The molecule has 0 unspecified atom stereocenters. The van der Waals surface area contributed by atoms with Crippen LogP contribution in [-0.2, 0) is 16.1 Å². The minimum Gasteiger partial charge on any atom is -0.484 e. The van der Waals surface area contributed by atoms with Crippen molar-refractivity contribution in [3.05, 3.63) is 63.1 Å². The lowest BCUT2D eigenvalue weighted by atomic mass is 10.1. The summed E-state index contributed by atoms with van der Waals surface area (Å²) in [6.07, 6.45) is 0.486. The molecule has 2 rings (SSSR count). The highest BCUT2D eigenvalue weighted by atomic mass is 79.9. The van der Waals surface area contributed by atoms with Gasteiger partial charge in [0.05, 0.1) is 0 Å². The highest BCUT2D eigenvalue weighted by Crippen LogP contribution is 2.23. The SMILES string of the molecule is CCNC(=O)[C@@H](CC)N(Cc1ccccc1Cl)C(=O)COc1ccc(Br)c(C)c1. The van der Waals surface area contributed by atoms with Gasteiger partial charge in [0.25, 0.3) is 5.91 Å². The average molecular weight is 482 g/mol. The van der Waals surface area contributed by atoms with Gasteiger partial charge in [-0.05, 0) is 55.7 Å². The Labute approximate surface area is 185 Å². The van der Waals surface area contributed by atoms with E-state index in [0.29, 0.717) is 23.7 Å². The van der Waals surface area contributed by atoms with Crippen LogP contribution in [-0.4, -0.2) is 35.9 Å². The Morgan fingerprint density at radius 3 is 2.55 bits per heavy atom. The zero-order valence-electron chi connectivity index (χ0n) is 16.9. The first-order valence-electron chi connectivity index (χ1n) is 9.56. The molecule has 0 radical (unpaired) electrons. The van der Waals surface area contributed by atoms with Gasteiger partial charge in [-0.3, -0.25) is 9.59 Å². The smallest absolute Gasteiger partial charge is 0.261 e. The molecule has 0 heterocycles. The molecule has 0 fully saturated rings.